The monoisotopic (exact) mass is 302 g/mol. The number of hydrogen-bond donors (Lipinski definition) is 1. The molecule has 0 radical (unpaired) electrons. The van der Waals surface area contributed by atoms with E-state index in [1.807, 2.05) is 11.8 Å². The summed E-state index contributed by atoms with van der Waals surface area (Å²) in [5.41, 5.74) is 8.58. The number of nitrogens with zero attached hydrogens (tertiary/aromatic N) is 3. The van der Waals surface area contributed by atoms with E-state index in [0.717, 1.165) is 37.7 Å². The lowest BCUT2D eigenvalue weighted by Crippen LogP contribution is -2.42. The van der Waals surface area contributed by atoms with Gasteiger partial charge < -0.3 is 15.5 Å². The van der Waals surface area contributed by atoms with Crippen LogP contribution in [0.3, 0.4) is 0 Å². The number of hydrogen-bond acceptors (Lipinski definition) is 3. The van der Waals surface area contributed by atoms with Gasteiger partial charge in [0.1, 0.15) is 0 Å². The van der Waals surface area contributed by atoms with Gasteiger partial charge in [-0.3, -0.25) is 0 Å². The van der Waals surface area contributed by atoms with E-state index in [2.05, 4.69) is 51.2 Å². The second-order valence-corrected chi connectivity index (χ2v) is 6.54. The van der Waals surface area contributed by atoms with E-state index in [1.54, 1.807) is 0 Å². The fourth-order valence-corrected chi connectivity index (χ4v) is 3.51. The first-order valence-electron chi connectivity index (χ1n) is 7.44. The summed E-state index contributed by atoms with van der Waals surface area (Å²) in [5, 5.41) is 0. The number of benzene rings is 1. The van der Waals surface area contributed by atoms with Crippen LogP contribution in [0.1, 0.15) is 5.56 Å². The third-order valence-electron chi connectivity index (χ3n) is 3.85. The minimum absolute atomic E-state index is 0.657. The molecule has 1 aromatic carbocycles. The van der Waals surface area contributed by atoms with Crippen LogP contribution >= 0.6 is 11.8 Å². The summed E-state index contributed by atoms with van der Waals surface area (Å²) in [5.74, 6) is 2.98. The zero-order valence-electron chi connectivity index (χ0n) is 12.2. The van der Waals surface area contributed by atoms with E-state index < -0.39 is 0 Å². The zero-order valence-corrected chi connectivity index (χ0v) is 13.1. The summed E-state index contributed by atoms with van der Waals surface area (Å²) < 4.78 is 0. The summed E-state index contributed by atoms with van der Waals surface area (Å²) in [6.07, 6.45) is 4.41. The van der Waals surface area contributed by atoms with Crippen molar-refractivity contribution in [2.75, 3.05) is 42.6 Å². The van der Waals surface area contributed by atoms with Crippen LogP contribution in [0.4, 0.5) is 5.69 Å². The average molecular weight is 302 g/mol. The van der Waals surface area contributed by atoms with Crippen LogP contribution in [0.2, 0.25) is 0 Å². The molecule has 0 atom stereocenters. The smallest absolute Gasteiger partial charge is 0.191 e. The molecule has 0 amide bonds. The highest BCUT2D eigenvalue weighted by Crippen LogP contribution is 2.19. The number of rotatable bonds is 3. The molecule has 0 aromatic heterocycles. The van der Waals surface area contributed by atoms with Gasteiger partial charge in [-0.15, -0.1) is 0 Å². The molecule has 0 saturated carbocycles. The Labute approximate surface area is 130 Å². The van der Waals surface area contributed by atoms with Gasteiger partial charge in [0, 0.05) is 43.4 Å². The molecule has 2 N–H and O–H groups in total. The van der Waals surface area contributed by atoms with Crippen LogP contribution in [0.15, 0.2) is 41.4 Å². The van der Waals surface area contributed by atoms with Crippen molar-refractivity contribution >= 4 is 23.4 Å². The molecule has 2 aliphatic rings. The van der Waals surface area contributed by atoms with Crippen molar-refractivity contribution in [3.63, 3.8) is 0 Å². The summed E-state index contributed by atoms with van der Waals surface area (Å²) in [4.78, 5) is 9.09. The van der Waals surface area contributed by atoms with Gasteiger partial charge in [-0.2, -0.15) is 11.8 Å². The minimum atomic E-state index is 0.657. The molecule has 5 heteroatoms. The second kappa shape index (κ2) is 6.89. The third-order valence-corrected chi connectivity index (χ3v) is 4.80. The number of thioether (sulfide) groups is 1. The second-order valence-electron chi connectivity index (χ2n) is 5.32. The summed E-state index contributed by atoms with van der Waals surface area (Å²) in [6.45, 7) is 4.68. The maximum Gasteiger partial charge on any atom is 0.191 e. The van der Waals surface area contributed by atoms with Crippen molar-refractivity contribution in [1.29, 1.82) is 0 Å². The molecule has 0 unspecified atom stereocenters. The van der Waals surface area contributed by atoms with E-state index in [9.17, 15) is 0 Å². The normalized spacial score (nSPS) is 19.3. The van der Waals surface area contributed by atoms with Gasteiger partial charge in [-0.05, 0) is 17.7 Å². The average Bonchev–Trinajstić information content (AvgIpc) is 3.08. The minimum Gasteiger partial charge on any atom is -0.370 e. The molecule has 4 nitrogen and oxygen atoms in total. The van der Waals surface area contributed by atoms with E-state index in [-0.39, 0.29) is 0 Å². The predicted octanol–water partition coefficient (Wildman–Crippen LogP) is 1.93. The zero-order chi connectivity index (χ0) is 14.5. The first-order chi connectivity index (χ1) is 10.3. The van der Waals surface area contributed by atoms with Gasteiger partial charge in [-0.25, -0.2) is 4.99 Å². The Hall–Kier alpha value is -1.62. The lowest BCUT2D eigenvalue weighted by molar-refractivity contribution is 0.455. The van der Waals surface area contributed by atoms with Crippen LogP contribution in [-0.2, 0) is 6.54 Å². The van der Waals surface area contributed by atoms with E-state index in [0.29, 0.717) is 12.5 Å². The Bertz CT molecular complexity index is 527. The lowest BCUT2D eigenvalue weighted by atomic mass is 10.2. The fraction of sp³-hybridized carbons (Fsp3) is 0.438. The molecule has 0 bridgehead atoms. The fourth-order valence-electron chi connectivity index (χ4n) is 2.61. The molecular weight excluding hydrogens is 280 g/mol. The standard InChI is InChI=1S/C16H22N4S/c17-16(20-8-10-21-11-9-20)18-13-14-4-3-5-15(12-14)19-6-1-2-7-19/h1-5,12H,6-11,13H2,(H2,17,18). The highest BCUT2D eigenvalue weighted by atomic mass is 32.2. The van der Waals surface area contributed by atoms with Gasteiger partial charge in [0.05, 0.1) is 6.54 Å². The summed E-state index contributed by atoms with van der Waals surface area (Å²) >= 11 is 1.98. The van der Waals surface area contributed by atoms with Crippen molar-refractivity contribution in [3.8, 4) is 0 Å². The molecule has 2 aliphatic heterocycles. The molecule has 0 spiro atoms. The molecule has 2 heterocycles. The Kier molecular flexibility index (Phi) is 4.70. The third kappa shape index (κ3) is 3.73. The molecule has 21 heavy (non-hydrogen) atoms. The summed E-state index contributed by atoms with van der Waals surface area (Å²) in [6, 6.07) is 8.60. The van der Waals surface area contributed by atoms with Crippen molar-refractivity contribution < 1.29 is 0 Å². The molecule has 1 fully saturated rings. The van der Waals surface area contributed by atoms with E-state index >= 15 is 0 Å². The topological polar surface area (TPSA) is 44.9 Å². The maximum atomic E-state index is 6.10. The quantitative estimate of drug-likeness (QED) is 0.526. The molecule has 1 aromatic rings. The summed E-state index contributed by atoms with van der Waals surface area (Å²) in [7, 11) is 0. The molecule has 0 aliphatic carbocycles. The van der Waals surface area contributed by atoms with Gasteiger partial charge in [-0.1, -0.05) is 24.3 Å². The highest BCUT2D eigenvalue weighted by Gasteiger charge is 2.12. The Morgan fingerprint density at radius 1 is 1.19 bits per heavy atom. The number of nitrogens with two attached hydrogens (primary N) is 1. The highest BCUT2D eigenvalue weighted by molar-refractivity contribution is 7.99. The van der Waals surface area contributed by atoms with Crippen LogP contribution in [0, 0.1) is 0 Å². The van der Waals surface area contributed by atoms with E-state index in [4.69, 9.17) is 5.73 Å². The van der Waals surface area contributed by atoms with Gasteiger partial charge in [0.2, 0.25) is 0 Å². The van der Waals surface area contributed by atoms with E-state index in [1.165, 1.54) is 11.3 Å². The van der Waals surface area contributed by atoms with Crippen molar-refractivity contribution in [2.45, 2.75) is 6.54 Å². The predicted molar refractivity (Wildman–Crippen MR) is 92.0 cm³/mol. The van der Waals surface area contributed by atoms with Crippen LogP contribution in [0.5, 0.6) is 0 Å². The largest absolute Gasteiger partial charge is 0.370 e. The first kappa shape index (κ1) is 14.3. The molecule has 3 rings (SSSR count). The first-order valence-corrected chi connectivity index (χ1v) is 8.60. The van der Waals surface area contributed by atoms with Crippen molar-refractivity contribution in [2.24, 2.45) is 10.7 Å². The van der Waals surface area contributed by atoms with Gasteiger partial charge in [0.25, 0.3) is 0 Å². The lowest BCUT2D eigenvalue weighted by Gasteiger charge is -2.27. The molecule has 112 valence electrons. The Morgan fingerprint density at radius 2 is 1.95 bits per heavy atom. The Balaban J connectivity index is 1.62. The van der Waals surface area contributed by atoms with Crippen molar-refractivity contribution in [1.82, 2.24) is 4.90 Å². The van der Waals surface area contributed by atoms with Crippen LogP contribution in [-0.4, -0.2) is 48.5 Å². The Morgan fingerprint density at radius 3 is 2.71 bits per heavy atom. The molecular formula is C16H22N4S. The van der Waals surface area contributed by atoms with Gasteiger partial charge >= 0.3 is 0 Å². The maximum absolute atomic E-state index is 6.10. The number of guanidine groups is 1. The number of aliphatic imine (C=N–C) groups is 1. The van der Waals surface area contributed by atoms with Crippen LogP contribution < -0.4 is 10.6 Å². The van der Waals surface area contributed by atoms with Crippen LogP contribution in [0.25, 0.3) is 0 Å². The van der Waals surface area contributed by atoms with Crippen molar-refractivity contribution in [3.05, 3.63) is 42.0 Å². The SMILES string of the molecule is NC(=NCc1cccc(N2CC=CC2)c1)N1CCSCC1. The van der Waals surface area contributed by atoms with Gasteiger partial charge in [0.15, 0.2) is 5.96 Å². The molecule has 1 saturated heterocycles. The number of anilines is 1.